The number of aromatic nitrogens is 4. The average molecular weight is 717 g/mol. The zero-order valence-electron chi connectivity index (χ0n) is 27.5. The predicted octanol–water partition coefficient (Wildman–Crippen LogP) is 4.63. The summed E-state index contributed by atoms with van der Waals surface area (Å²) in [7, 11) is 3.25. The highest BCUT2D eigenvalue weighted by molar-refractivity contribution is 6.39. The van der Waals surface area contributed by atoms with Crippen LogP contribution in [0.2, 0.25) is 10.0 Å². The Morgan fingerprint density at radius 3 is 2.42 bits per heavy atom. The lowest BCUT2D eigenvalue weighted by molar-refractivity contribution is -0.147. The van der Waals surface area contributed by atoms with Gasteiger partial charge in [0, 0.05) is 85.3 Å². The number of halogens is 2. The van der Waals surface area contributed by atoms with Gasteiger partial charge in [-0.3, -0.25) is 23.9 Å². The minimum absolute atomic E-state index is 0.0860. The molecule has 2 fully saturated rings. The smallest absolute Gasteiger partial charge is 0.309 e. The minimum atomic E-state index is -0.815. The van der Waals surface area contributed by atoms with Crippen molar-refractivity contribution in [3.8, 4) is 39.4 Å². The number of pyridine rings is 1. The Hall–Kier alpha value is -4.75. The number of rotatable bonds is 11. The van der Waals surface area contributed by atoms with Crippen LogP contribution in [0.4, 0.5) is 0 Å². The second-order valence-corrected chi connectivity index (χ2v) is 13.5. The molecule has 0 aliphatic carbocycles. The van der Waals surface area contributed by atoms with Crippen LogP contribution in [0, 0.1) is 5.92 Å². The molecular weight excluding hydrogens is 681 g/mol. The highest BCUT2D eigenvalue weighted by Crippen LogP contribution is 2.42. The standard InChI is InChI=1S/C36H35Cl2N7O5/c1-43-30(19-44-16-22(17-44)36(48)49)42-45-18-21(13-29(45)35(43)47)24-5-3-6-25(32(24)37)26-7-4-8-27(33(26)38)28-11-9-20(34(41-28)50-2)14-39-15-23-10-12-31(46)40-23/h3-9,11,13,18,22-23,39H,10,12,14-17,19H2,1-2H3,(H,40,46)(H,48,49)/t23-/m1/s1. The normalized spacial score (nSPS) is 16.5. The number of nitrogens with zero attached hydrogens (tertiary/aromatic N) is 5. The zero-order valence-corrected chi connectivity index (χ0v) is 29.0. The summed E-state index contributed by atoms with van der Waals surface area (Å²) in [5, 5.41) is 21.2. The van der Waals surface area contributed by atoms with E-state index in [4.69, 9.17) is 38.0 Å². The van der Waals surface area contributed by atoms with E-state index in [1.54, 1.807) is 30.9 Å². The van der Waals surface area contributed by atoms with E-state index in [1.807, 2.05) is 53.4 Å². The van der Waals surface area contributed by atoms with Gasteiger partial charge in [-0.25, -0.2) is 9.50 Å². The molecule has 3 aromatic heterocycles. The van der Waals surface area contributed by atoms with Crippen molar-refractivity contribution in [1.29, 1.82) is 0 Å². The van der Waals surface area contributed by atoms with Gasteiger partial charge in [0.05, 0.1) is 35.3 Å². The van der Waals surface area contributed by atoms with E-state index in [9.17, 15) is 19.5 Å². The molecule has 14 heteroatoms. The van der Waals surface area contributed by atoms with Gasteiger partial charge in [-0.2, -0.15) is 5.10 Å². The maximum atomic E-state index is 13.3. The predicted molar refractivity (Wildman–Crippen MR) is 190 cm³/mol. The van der Waals surface area contributed by atoms with Crippen LogP contribution < -0.4 is 20.9 Å². The molecule has 12 nitrogen and oxygen atoms in total. The van der Waals surface area contributed by atoms with Crippen molar-refractivity contribution in [2.24, 2.45) is 13.0 Å². The van der Waals surface area contributed by atoms with Crippen molar-refractivity contribution in [2.75, 3.05) is 26.7 Å². The van der Waals surface area contributed by atoms with Gasteiger partial charge in [-0.15, -0.1) is 0 Å². The van der Waals surface area contributed by atoms with Crippen LogP contribution in [0.3, 0.4) is 0 Å². The number of hydrogen-bond acceptors (Lipinski definition) is 8. The number of likely N-dealkylation sites (tertiary alicyclic amines) is 1. The van der Waals surface area contributed by atoms with E-state index in [0.717, 1.165) is 17.5 Å². The van der Waals surface area contributed by atoms with Crippen LogP contribution >= 0.6 is 23.2 Å². The molecule has 0 spiro atoms. The third kappa shape index (κ3) is 6.47. The number of carboxylic acid groups (broad SMARTS) is 1. The summed E-state index contributed by atoms with van der Waals surface area (Å²) >= 11 is 14.2. The SMILES string of the molecule is COc1nc(-c2cccc(-c3cccc(-c4cc5c(=O)n(C)c(CN6CC(C(=O)O)C6)nn5c4)c3Cl)c2Cl)ccc1CNC[C@H]1CCC(=O)N1. The summed E-state index contributed by atoms with van der Waals surface area (Å²) in [5.74, 6) is -0.119. The van der Waals surface area contributed by atoms with Crippen LogP contribution in [0.25, 0.3) is 39.0 Å². The third-order valence-corrected chi connectivity index (χ3v) is 10.2. The summed E-state index contributed by atoms with van der Waals surface area (Å²) in [6.07, 6.45) is 3.15. The first-order chi connectivity index (χ1) is 24.1. The van der Waals surface area contributed by atoms with Crippen LogP contribution in [0.5, 0.6) is 5.88 Å². The van der Waals surface area contributed by atoms with Gasteiger partial charge >= 0.3 is 5.97 Å². The molecule has 0 unspecified atom stereocenters. The van der Waals surface area contributed by atoms with Gasteiger partial charge in [0.2, 0.25) is 11.8 Å². The second-order valence-electron chi connectivity index (χ2n) is 12.7. The number of methoxy groups -OCH3 is 1. The lowest BCUT2D eigenvalue weighted by Gasteiger charge is -2.36. The maximum absolute atomic E-state index is 13.3. The molecular formula is C36H35Cl2N7O5. The molecule has 1 amide bonds. The van der Waals surface area contributed by atoms with Gasteiger partial charge in [0.15, 0.2) is 0 Å². The van der Waals surface area contributed by atoms with Crippen molar-refractivity contribution in [2.45, 2.75) is 32.0 Å². The number of nitrogens with one attached hydrogen (secondary N) is 2. The van der Waals surface area contributed by atoms with Crippen molar-refractivity contribution in [3.05, 3.63) is 92.6 Å². The van der Waals surface area contributed by atoms with Gasteiger partial charge < -0.3 is 20.5 Å². The quantitative estimate of drug-likeness (QED) is 0.178. The molecule has 2 aromatic carbocycles. The van der Waals surface area contributed by atoms with Crippen molar-refractivity contribution < 1.29 is 19.4 Å². The Morgan fingerprint density at radius 2 is 1.74 bits per heavy atom. The van der Waals surface area contributed by atoms with Crippen molar-refractivity contribution >= 4 is 40.6 Å². The van der Waals surface area contributed by atoms with Gasteiger partial charge in [-0.1, -0.05) is 65.7 Å². The molecule has 5 aromatic rings. The minimum Gasteiger partial charge on any atom is -0.481 e. The second kappa shape index (κ2) is 13.9. The number of carbonyl (C=O) groups is 2. The highest BCUT2D eigenvalue weighted by atomic mass is 35.5. The number of amides is 1. The molecule has 2 aliphatic rings. The molecule has 0 radical (unpaired) electrons. The summed E-state index contributed by atoms with van der Waals surface area (Å²) in [6.45, 7) is 2.39. The topological polar surface area (TPSA) is 143 Å². The Bertz CT molecular complexity index is 2190. The van der Waals surface area contributed by atoms with E-state index in [-0.39, 0.29) is 17.5 Å². The monoisotopic (exact) mass is 715 g/mol. The Kier molecular flexibility index (Phi) is 9.36. The average Bonchev–Trinajstić information content (AvgIpc) is 3.71. The molecule has 5 heterocycles. The highest BCUT2D eigenvalue weighted by Gasteiger charge is 2.33. The van der Waals surface area contributed by atoms with Crippen LogP contribution in [0.15, 0.2) is 65.6 Å². The fourth-order valence-electron chi connectivity index (χ4n) is 6.56. The number of benzene rings is 2. The van der Waals surface area contributed by atoms with Crippen LogP contribution in [-0.2, 0) is 29.7 Å². The lowest BCUT2D eigenvalue weighted by atomic mass is 9.97. The van der Waals surface area contributed by atoms with Gasteiger partial charge in [0.1, 0.15) is 11.3 Å². The Balaban J connectivity index is 1.15. The van der Waals surface area contributed by atoms with E-state index < -0.39 is 11.9 Å². The molecule has 0 saturated carbocycles. The summed E-state index contributed by atoms with van der Waals surface area (Å²) in [6, 6.07) is 17.1. The largest absolute Gasteiger partial charge is 0.481 e. The number of carboxylic acids is 1. The van der Waals surface area contributed by atoms with Gasteiger partial charge in [0.25, 0.3) is 5.56 Å². The van der Waals surface area contributed by atoms with Gasteiger partial charge in [-0.05, 0) is 18.6 Å². The summed E-state index contributed by atoms with van der Waals surface area (Å²) in [4.78, 5) is 42.8. The maximum Gasteiger partial charge on any atom is 0.309 e. The molecule has 50 heavy (non-hydrogen) atoms. The summed E-state index contributed by atoms with van der Waals surface area (Å²) < 4.78 is 8.69. The number of hydrogen-bond donors (Lipinski definition) is 3. The first-order valence-corrected chi connectivity index (χ1v) is 17.0. The van der Waals surface area contributed by atoms with E-state index in [0.29, 0.717) is 94.4 Å². The van der Waals surface area contributed by atoms with E-state index in [1.165, 1.54) is 4.57 Å². The lowest BCUT2D eigenvalue weighted by Crippen LogP contribution is -2.50. The van der Waals surface area contributed by atoms with E-state index >= 15 is 0 Å². The van der Waals surface area contributed by atoms with Crippen LogP contribution in [-0.4, -0.2) is 73.8 Å². The first kappa shape index (κ1) is 33.7. The fourth-order valence-corrected chi connectivity index (χ4v) is 7.22. The Morgan fingerprint density at radius 1 is 1.04 bits per heavy atom. The number of carbonyl (C=O) groups excluding carboxylic acids is 1. The molecule has 1 atom stereocenters. The molecule has 2 aliphatic heterocycles. The first-order valence-electron chi connectivity index (χ1n) is 16.3. The Labute approximate surface area is 297 Å². The van der Waals surface area contributed by atoms with Crippen molar-refractivity contribution in [1.82, 2.24) is 34.7 Å². The number of aliphatic carboxylic acids is 1. The third-order valence-electron chi connectivity index (χ3n) is 9.40. The molecule has 7 rings (SSSR count). The summed E-state index contributed by atoms with van der Waals surface area (Å²) in [5.41, 5.74) is 5.26. The molecule has 0 bridgehead atoms. The number of ether oxygens (including phenoxy) is 1. The zero-order chi connectivity index (χ0) is 35.1. The number of fused-ring (bicyclic) bond motifs is 1. The molecule has 258 valence electrons. The van der Waals surface area contributed by atoms with E-state index in [2.05, 4.69) is 10.6 Å². The van der Waals surface area contributed by atoms with Crippen molar-refractivity contribution in [3.63, 3.8) is 0 Å². The van der Waals surface area contributed by atoms with Crippen LogP contribution in [0.1, 0.15) is 24.2 Å². The molecule has 2 saturated heterocycles. The molecule has 3 N–H and O–H groups in total. The fraction of sp³-hybridized carbons (Fsp3) is 0.306.